The molecule has 2 N–H and O–H groups in total. The quantitative estimate of drug-likeness (QED) is 0.853. The molecule has 0 fully saturated rings. The lowest BCUT2D eigenvalue weighted by Crippen LogP contribution is -2.02. The molecule has 1 aliphatic rings. The van der Waals surface area contributed by atoms with E-state index in [0.29, 0.717) is 17.3 Å². The van der Waals surface area contributed by atoms with Gasteiger partial charge in [-0.3, -0.25) is 0 Å². The summed E-state index contributed by atoms with van der Waals surface area (Å²) >= 11 is 5.96. The molecule has 14 heavy (non-hydrogen) atoms. The van der Waals surface area contributed by atoms with E-state index in [1.165, 1.54) is 0 Å². The molecule has 0 saturated heterocycles. The van der Waals surface area contributed by atoms with Crippen molar-refractivity contribution in [2.45, 2.75) is 6.42 Å². The van der Waals surface area contributed by atoms with Gasteiger partial charge in [-0.05, 0) is 30.7 Å². The molecule has 0 aliphatic carbocycles. The highest BCUT2D eigenvalue weighted by Crippen LogP contribution is 2.39. The molecule has 0 saturated carbocycles. The Labute approximate surface area is 93.5 Å². The second kappa shape index (κ2) is 4.73. The highest BCUT2D eigenvalue weighted by Gasteiger charge is 2.17. The molecule has 78 valence electrons. The molecule has 0 unspecified atom stereocenters. The molecule has 0 bridgehead atoms. The Hall–Kier alpha value is -0.640. The van der Waals surface area contributed by atoms with Crippen LogP contribution >= 0.6 is 24.0 Å². The zero-order valence-corrected chi connectivity index (χ0v) is 9.03. The van der Waals surface area contributed by atoms with Crippen LogP contribution in [-0.2, 0) is 6.42 Å². The van der Waals surface area contributed by atoms with E-state index in [9.17, 15) is 0 Å². The number of hydrogen-bond donors (Lipinski definition) is 1. The molecular weight excluding hydrogens is 225 g/mol. The van der Waals surface area contributed by atoms with Crippen LogP contribution < -0.4 is 15.2 Å². The van der Waals surface area contributed by atoms with Crippen LogP contribution in [-0.4, -0.2) is 13.3 Å². The average Bonchev–Trinajstić information content (AvgIpc) is 2.53. The van der Waals surface area contributed by atoms with Crippen molar-refractivity contribution < 1.29 is 9.47 Å². The third kappa shape index (κ3) is 2.05. The molecular formula is C9H11Cl2NO2. The summed E-state index contributed by atoms with van der Waals surface area (Å²) in [6.07, 6.45) is 0.802. The number of rotatable bonds is 2. The minimum atomic E-state index is 0. The van der Waals surface area contributed by atoms with Gasteiger partial charge in [0.2, 0.25) is 6.79 Å². The number of benzene rings is 1. The van der Waals surface area contributed by atoms with Crippen molar-refractivity contribution in [3.8, 4) is 11.5 Å². The molecule has 2 rings (SSSR count). The highest BCUT2D eigenvalue weighted by molar-refractivity contribution is 6.32. The van der Waals surface area contributed by atoms with E-state index in [1.807, 2.05) is 12.1 Å². The van der Waals surface area contributed by atoms with Crippen molar-refractivity contribution in [1.82, 2.24) is 0 Å². The van der Waals surface area contributed by atoms with E-state index in [2.05, 4.69) is 0 Å². The molecule has 0 spiro atoms. The van der Waals surface area contributed by atoms with Crippen LogP contribution in [0, 0.1) is 0 Å². The van der Waals surface area contributed by atoms with Crippen LogP contribution in [0.1, 0.15) is 5.56 Å². The molecule has 1 aromatic rings. The first kappa shape index (κ1) is 11.4. The van der Waals surface area contributed by atoms with Crippen molar-refractivity contribution in [3.63, 3.8) is 0 Å². The SMILES string of the molecule is Cl.NCCc1cc(Cl)c2c(c1)OCO2. The van der Waals surface area contributed by atoms with Gasteiger partial charge in [0, 0.05) is 0 Å². The summed E-state index contributed by atoms with van der Waals surface area (Å²) in [5, 5.41) is 0.596. The standard InChI is InChI=1S/C9H10ClNO2.ClH/c10-7-3-6(1-2-11)4-8-9(7)13-5-12-8;/h3-4H,1-2,5,11H2;1H. The topological polar surface area (TPSA) is 44.5 Å². The van der Waals surface area contributed by atoms with E-state index in [1.54, 1.807) is 0 Å². The summed E-state index contributed by atoms with van der Waals surface area (Å²) in [5.41, 5.74) is 6.52. The zero-order valence-electron chi connectivity index (χ0n) is 7.46. The van der Waals surface area contributed by atoms with Crippen molar-refractivity contribution in [1.29, 1.82) is 0 Å². The Morgan fingerprint density at radius 3 is 2.86 bits per heavy atom. The number of halogens is 2. The minimum Gasteiger partial charge on any atom is -0.454 e. The van der Waals surface area contributed by atoms with Gasteiger partial charge in [-0.25, -0.2) is 0 Å². The zero-order chi connectivity index (χ0) is 9.26. The Kier molecular flexibility index (Phi) is 3.86. The van der Waals surface area contributed by atoms with Gasteiger partial charge in [-0.15, -0.1) is 12.4 Å². The van der Waals surface area contributed by atoms with Crippen LogP contribution in [0.25, 0.3) is 0 Å². The van der Waals surface area contributed by atoms with Crippen molar-refractivity contribution in [2.75, 3.05) is 13.3 Å². The third-order valence-corrected chi connectivity index (χ3v) is 2.20. The monoisotopic (exact) mass is 235 g/mol. The maximum atomic E-state index is 5.96. The van der Waals surface area contributed by atoms with E-state index in [4.69, 9.17) is 26.8 Å². The fraction of sp³-hybridized carbons (Fsp3) is 0.333. The Balaban J connectivity index is 0.000000980. The molecule has 1 aliphatic heterocycles. The van der Waals surface area contributed by atoms with Crippen LogP contribution in [0.5, 0.6) is 11.5 Å². The van der Waals surface area contributed by atoms with Crippen molar-refractivity contribution in [3.05, 3.63) is 22.7 Å². The molecule has 1 aromatic carbocycles. The Morgan fingerprint density at radius 2 is 2.14 bits per heavy atom. The van der Waals surface area contributed by atoms with Crippen LogP contribution in [0.2, 0.25) is 5.02 Å². The number of fused-ring (bicyclic) bond motifs is 1. The average molecular weight is 236 g/mol. The van der Waals surface area contributed by atoms with Gasteiger partial charge in [0.05, 0.1) is 5.02 Å². The summed E-state index contributed by atoms with van der Waals surface area (Å²) in [7, 11) is 0. The van der Waals surface area contributed by atoms with Gasteiger partial charge < -0.3 is 15.2 Å². The van der Waals surface area contributed by atoms with E-state index in [0.717, 1.165) is 17.7 Å². The van der Waals surface area contributed by atoms with Crippen molar-refractivity contribution in [2.24, 2.45) is 5.73 Å². The predicted octanol–water partition coefficient (Wildman–Crippen LogP) is 1.99. The molecule has 0 amide bonds. The van der Waals surface area contributed by atoms with E-state index >= 15 is 0 Å². The summed E-state index contributed by atoms with van der Waals surface area (Å²) < 4.78 is 10.4. The van der Waals surface area contributed by atoms with Gasteiger partial charge in [-0.2, -0.15) is 0 Å². The number of ether oxygens (including phenoxy) is 2. The minimum absolute atomic E-state index is 0. The summed E-state index contributed by atoms with van der Waals surface area (Å²) in [6, 6.07) is 3.78. The number of nitrogens with two attached hydrogens (primary N) is 1. The van der Waals surface area contributed by atoms with E-state index < -0.39 is 0 Å². The highest BCUT2D eigenvalue weighted by atomic mass is 35.5. The molecule has 0 aromatic heterocycles. The number of hydrogen-bond acceptors (Lipinski definition) is 3. The predicted molar refractivity (Wildman–Crippen MR) is 57.6 cm³/mol. The van der Waals surface area contributed by atoms with Gasteiger partial charge in [0.1, 0.15) is 0 Å². The first-order chi connectivity index (χ1) is 6.31. The normalized spacial score (nSPS) is 12.4. The Bertz CT molecular complexity index is 331. The lowest BCUT2D eigenvalue weighted by Gasteiger charge is -2.02. The van der Waals surface area contributed by atoms with Crippen LogP contribution in [0.15, 0.2) is 12.1 Å². The maximum Gasteiger partial charge on any atom is 0.231 e. The van der Waals surface area contributed by atoms with Crippen LogP contribution in [0.3, 0.4) is 0 Å². The molecule has 1 heterocycles. The lowest BCUT2D eigenvalue weighted by molar-refractivity contribution is 0.174. The Morgan fingerprint density at radius 1 is 1.36 bits per heavy atom. The van der Waals surface area contributed by atoms with Crippen molar-refractivity contribution >= 4 is 24.0 Å². The summed E-state index contributed by atoms with van der Waals surface area (Å²) in [6.45, 7) is 0.858. The first-order valence-corrected chi connectivity index (χ1v) is 4.47. The molecule has 3 nitrogen and oxygen atoms in total. The van der Waals surface area contributed by atoms with Gasteiger partial charge in [0.15, 0.2) is 11.5 Å². The van der Waals surface area contributed by atoms with Crippen LogP contribution in [0.4, 0.5) is 0 Å². The molecule has 0 atom stereocenters. The van der Waals surface area contributed by atoms with Gasteiger partial charge in [-0.1, -0.05) is 11.6 Å². The first-order valence-electron chi connectivity index (χ1n) is 4.09. The summed E-state index contributed by atoms with van der Waals surface area (Å²) in [5.74, 6) is 1.36. The second-order valence-electron chi connectivity index (χ2n) is 2.85. The lowest BCUT2D eigenvalue weighted by atomic mass is 10.1. The fourth-order valence-corrected chi connectivity index (χ4v) is 1.62. The molecule has 0 radical (unpaired) electrons. The van der Waals surface area contributed by atoms with E-state index in [-0.39, 0.29) is 19.2 Å². The maximum absolute atomic E-state index is 5.96. The van der Waals surface area contributed by atoms with Gasteiger partial charge >= 0.3 is 0 Å². The van der Waals surface area contributed by atoms with Gasteiger partial charge in [0.25, 0.3) is 0 Å². The summed E-state index contributed by atoms with van der Waals surface area (Å²) in [4.78, 5) is 0. The molecule has 5 heteroatoms. The smallest absolute Gasteiger partial charge is 0.231 e. The largest absolute Gasteiger partial charge is 0.454 e. The second-order valence-corrected chi connectivity index (χ2v) is 3.26. The fourth-order valence-electron chi connectivity index (χ4n) is 1.33. The third-order valence-electron chi connectivity index (χ3n) is 1.92.